The van der Waals surface area contributed by atoms with E-state index in [0.717, 1.165) is 15.0 Å². The fourth-order valence-electron chi connectivity index (χ4n) is 1.06. The molecule has 0 fully saturated rings. The molecule has 74 valence electrons. The molecule has 2 heterocycles. The molecule has 0 N–H and O–H groups in total. The highest BCUT2D eigenvalue weighted by atomic mass is 79.9. The van der Waals surface area contributed by atoms with Crippen LogP contribution in [0.25, 0.3) is 0 Å². The lowest BCUT2D eigenvalue weighted by Gasteiger charge is -2.01. The van der Waals surface area contributed by atoms with Gasteiger partial charge in [0.15, 0.2) is 5.82 Å². The van der Waals surface area contributed by atoms with Gasteiger partial charge in [-0.1, -0.05) is 0 Å². The molecule has 2 rings (SSSR count). The zero-order chi connectivity index (χ0) is 10.1. The molecule has 0 radical (unpaired) electrons. The topological polar surface area (TPSA) is 48.5 Å². The average molecular weight is 321 g/mol. The molecule has 2 aromatic heterocycles. The van der Waals surface area contributed by atoms with Gasteiger partial charge in [0.25, 0.3) is 0 Å². The zero-order valence-electron chi connectivity index (χ0n) is 7.35. The van der Waals surface area contributed by atoms with E-state index in [0.29, 0.717) is 6.54 Å². The Balaban J connectivity index is 2.27. The lowest BCUT2D eigenvalue weighted by molar-refractivity contribution is 0.616. The summed E-state index contributed by atoms with van der Waals surface area (Å²) in [5.74, 6) is 0.862. The monoisotopic (exact) mass is 319 g/mol. The predicted molar refractivity (Wildman–Crippen MR) is 57.7 cm³/mol. The molecule has 0 aliphatic heterocycles. The quantitative estimate of drug-likeness (QED) is 0.844. The van der Waals surface area contributed by atoms with E-state index < -0.39 is 0 Å². The second kappa shape index (κ2) is 3.82. The van der Waals surface area contributed by atoms with Crippen LogP contribution in [0.1, 0.15) is 5.82 Å². The van der Waals surface area contributed by atoms with E-state index in [4.69, 9.17) is 0 Å². The van der Waals surface area contributed by atoms with Crippen LogP contribution in [0.2, 0.25) is 0 Å². The van der Waals surface area contributed by atoms with Crippen LogP contribution in [0.4, 0.5) is 0 Å². The van der Waals surface area contributed by atoms with E-state index in [1.165, 1.54) is 0 Å². The van der Waals surface area contributed by atoms with E-state index in [1.807, 2.05) is 17.7 Å². The number of nitrogens with zero attached hydrogens (tertiary/aromatic N) is 5. The fourth-order valence-corrected chi connectivity index (χ4v) is 2.20. The first kappa shape index (κ1) is 9.85. The Labute approximate surface area is 97.4 Å². The number of aryl methyl sites for hydroxylation is 1. The normalized spacial score (nSPS) is 10.8. The molecule has 7 heteroatoms. The minimum atomic E-state index is 0.600. The van der Waals surface area contributed by atoms with Crippen molar-refractivity contribution < 1.29 is 0 Å². The highest BCUT2D eigenvalue weighted by molar-refractivity contribution is 9.11. The van der Waals surface area contributed by atoms with E-state index in [-0.39, 0.29) is 0 Å². The lowest BCUT2D eigenvalue weighted by atomic mass is 10.6. The Morgan fingerprint density at radius 3 is 2.71 bits per heavy atom. The fraction of sp³-hybridized carbons (Fsp3) is 0.286. The van der Waals surface area contributed by atoms with Crippen molar-refractivity contribution in [1.29, 1.82) is 0 Å². The molecule has 2 aromatic rings. The first-order valence-electron chi connectivity index (χ1n) is 3.88. The highest BCUT2D eigenvalue weighted by Gasteiger charge is 2.07. The van der Waals surface area contributed by atoms with Gasteiger partial charge in [-0.25, -0.2) is 4.68 Å². The maximum Gasteiger partial charge on any atom is 0.154 e. The van der Waals surface area contributed by atoms with Gasteiger partial charge in [-0.3, -0.25) is 0 Å². The molecule has 0 spiro atoms. The Hall–Kier alpha value is -0.690. The molecule has 0 aliphatic carbocycles. The van der Waals surface area contributed by atoms with Gasteiger partial charge in [0.05, 0.1) is 0 Å². The van der Waals surface area contributed by atoms with Crippen molar-refractivity contribution in [1.82, 2.24) is 24.5 Å². The number of hydrogen-bond acceptors (Lipinski definition) is 3. The molecule has 0 unspecified atom stereocenters. The third-order valence-electron chi connectivity index (χ3n) is 1.80. The molecular formula is C7H7Br2N5. The van der Waals surface area contributed by atoms with Gasteiger partial charge in [-0.15, -0.1) is 10.2 Å². The molecule has 0 saturated heterocycles. The summed E-state index contributed by atoms with van der Waals surface area (Å²) >= 11 is 6.70. The van der Waals surface area contributed by atoms with Crippen LogP contribution in [0.15, 0.2) is 21.6 Å². The van der Waals surface area contributed by atoms with Crippen LogP contribution in [0.5, 0.6) is 0 Å². The molecular weight excluding hydrogens is 314 g/mol. The predicted octanol–water partition coefficient (Wildman–Crippen LogP) is 1.58. The first-order valence-corrected chi connectivity index (χ1v) is 5.47. The molecule has 5 nitrogen and oxygen atoms in total. The standard InChI is InChI=1S/C7H7Br2N5/c1-13-4-10-11-7(13)3-14-6(9)2-5(8)12-14/h2,4H,3H2,1H3. The summed E-state index contributed by atoms with van der Waals surface area (Å²) in [5, 5.41) is 12.0. The average Bonchev–Trinajstić information content (AvgIpc) is 2.62. The van der Waals surface area contributed by atoms with Crippen molar-refractivity contribution in [2.75, 3.05) is 0 Å². The summed E-state index contributed by atoms with van der Waals surface area (Å²) in [6.07, 6.45) is 1.67. The number of aromatic nitrogens is 5. The van der Waals surface area contributed by atoms with Gasteiger partial charge in [0, 0.05) is 13.1 Å². The molecule has 0 bridgehead atoms. The van der Waals surface area contributed by atoms with Crippen LogP contribution in [-0.4, -0.2) is 24.5 Å². The zero-order valence-corrected chi connectivity index (χ0v) is 10.5. The first-order chi connectivity index (χ1) is 6.66. The smallest absolute Gasteiger partial charge is 0.154 e. The van der Waals surface area contributed by atoms with Gasteiger partial charge in [0.1, 0.15) is 22.1 Å². The van der Waals surface area contributed by atoms with Crippen LogP contribution in [0, 0.1) is 0 Å². The van der Waals surface area contributed by atoms with E-state index in [1.54, 1.807) is 11.0 Å². The highest BCUT2D eigenvalue weighted by Crippen LogP contribution is 2.16. The van der Waals surface area contributed by atoms with Crippen LogP contribution in [0.3, 0.4) is 0 Å². The summed E-state index contributed by atoms with van der Waals surface area (Å²) in [6.45, 7) is 0.600. The van der Waals surface area contributed by atoms with Crippen molar-refractivity contribution in [2.24, 2.45) is 7.05 Å². The Morgan fingerprint density at radius 2 is 2.21 bits per heavy atom. The number of halogens is 2. The molecule has 0 atom stereocenters. The van der Waals surface area contributed by atoms with Crippen LogP contribution in [-0.2, 0) is 13.6 Å². The lowest BCUT2D eigenvalue weighted by Crippen LogP contribution is -2.07. The molecule has 14 heavy (non-hydrogen) atoms. The van der Waals surface area contributed by atoms with Gasteiger partial charge in [0.2, 0.25) is 0 Å². The third kappa shape index (κ3) is 1.88. The van der Waals surface area contributed by atoms with Gasteiger partial charge < -0.3 is 4.57 Å². The second-order valence-electron chi connectivity index (χ2n) is 2.81. The maximum atomic E-state index is 4.23. The summed E-state index contributed by atoms with van der Waals surface area (Å²) in [4.78, 5) is 0. The minimum absolute atomic E-state index is 0.600. The van der Waals surface area contributed by atoms with E-state index in [9.17, 15) is 0 Å². The summed E-state index contributed by atoms with van der Waals surface area (Å²) in [5.41, 5.74) is 0. The molecule has 0 aliphatic rings. The van der Waals surface area contributed by atoms with Crippen LogP contribution >= 0.6 is 31.9 Å². The van der Waals surface area contributed by atoms with E-state index in [2.05, 4.69) is 47.2 Å². The summed E-state index contributed by atoms with van der Waals surface area (Å²) in [6, 6.07) is 1.89. The third-order valence-corrected chi connectivity index (χ3v) is 2.82. The van der Waals surface area contributed by atoms with Crippen LogP contribution < -0.4 is 0 Å². The van der Waals surface area contributed by atoms with Gasteiger partial charge in [-0.2, -0.15) is 5.10 Å². The van der Waals surface area contributed by atoms with Gasteiger partial charge in [-0.05, 0) is 31.9 Å². The largest absolute Gasteiger partial charge is 0.319 e. The van der Waals surface area contributed by atoms with Crippen molar-refractivity contribution in [3.8, 4) is 0 Å². The van der Waals surface area contributed by atoms with Crippen molar-refractivity contribution in [3.63, 3.8) is 0 Å². The molecule has 0 amide bonds. The van der Waals surface area contributed by atoms with E-state index >= 15 is 0 Å². The Morgan fingerprint density at radius 1 is 1.43 bits per heavy atom. The minimum Gasteiger partial charge on any atom is -0.319 e. The molecule has 0 saturated carbocycles. The number of rotatable bonds is 2. The Kier molecular flexibility index (Phi) is 2.69. The van der Waals surface area contributed by atoms with Crippen molar-refractivity contribution >= 4 is 31.9 Å². The summed E-state index contributed by atoms with van der Waals surface area (Å²) < 4.78 is 5.37. The second-order valence-corrected chi connectivity index (χ2v) is 4.43. The van der Waals surface area contributed by atoms with Crippen molar-refractivity contribution in [3.05, 3.63) is 27.4 Å². The van der Waals surface area contributed by atoms with Crippen molar-refractivity contribution in [2.45, 2.75) is 6.54 Å². The van der Waals surface area contributed by atoms with Gasteiger partial charge >= 0.3 is 0 Å². The maximum absolute atomic E-state index is 4.23. The Bertz CT molecular complexity index is 447. The SMILES string of the molecule is Cn1cnnc1Cn1nc(Br)cc1Br. The number of hydrogen-bond donors (Lipinski definition) is 0. The summed E-state index contributed by atoms with van der Waals surface area (Å²) in [7, 11) is 1.90. The molecule has 0 aromatic carbocycles.